The molecule has 144 valence electrons. The van der Waals surface area contributed by atoms with Crippen molar-refractivity contribution in [3.05, 3.63) is 58.4 Å². The second-order valence-electron chi connectivity index (χ2n) is 7.20. The van der Waals surface area contributed by atoms with E-state index in [1.807, 2.05) is 6.07 Å². The van der Waals surface area contributed by atoms with E-state index in [2.05, 4.69) is 45.1 Å². The molecule has 2 aliphatic heterocycles. The van der Waals surface area contributed by atoms with E-state index in [0.717, 1.165) is 44.0 Å². The Morgan fingerprint density at radius 1 is 1.15 bits per heavy atom. The highest BCUT2D eigenvalue weighted by Gasteiger charge is 2.35. The molecule has 3 heterocycles. The Balaban J connectivity index is 1.62. The van der Waals surface area contributed by atoms with Gasteiger partial charge >= 0.3 is 0 Å². The molecular formula is C21H27N3O3. The van der Waals surface area contributed by atoms with Gasteiger partial charge in [-0.3, -0.25) is 4.79 Å². The van der Waals surface area contributed by atoms with Crippen LogP contribution in [-0.2, 0) is 15.9 Å². The van der Waals surface area contributed by atoms with Crippen molar-refractivity contribution in [1.29, 1.82) is 0 Å². The van der Waals surface area contributed by atoms with Crippen LogP contribution in [0.4, 0.5) is 11.5 Å². The fourth-order valence-electron chi connectivity index (χ4n) is 4.17. The second-order valence-corrected chi connectivity index (χ2v) is 7.20. The third-order valence-corrected chi connectivity index (χ3v) is 5.57. The molecule has 1 aromatic heterocycles. The highest BCUT2D eigenvalue weighted by molar-refractivity contribution is 5.56. The highest BCUT2D eigenvalue weighted by Crippen LogP contribution is 2.30. The van der Waals surface area contributed by atoms with E-state index in [1.54, 1.807) is 13.2 Å². The summed E-state index contributed by atoms with van der Waals surface area (Å²) < 4.78 is 11.2. The van der Waals surface area contributed by atoms with Gasteiger partial charge in [-0.25, -0.2) is 0 Å². The summed E-state index contributed by atoms with van der Waals surface area (Å²) in [6.45, 7) is 3.91. The minimum absolute atomic E-state index is 0.0617. The van der Waals surface area contributed by atoms with E-state index < -0.39 is 0 Å². The molecule has 0 aliphatic carbocycles. The summed E-state index contributed by atoms with van der Waals surface area (Å²) in [6.07, 6.45) is 2.00. The molecule has 1 N–H and O–H groups in total. The van der Waals surface area contributed by atoms with Crippen LogP contribution in [-0.4, -0.2) is 57.1 Å². The van der Waals surface area contributed by atoms with Crippen molar-refractivity contribution >= 4 is 11.5 Å². The molecule has 2 fully saturated rings. The average Bonchev–Trinajstić information content (AvgIpc) is 3.11. The first-order valence-electron chi connectivity index (χ1n) is 9.65. The number of rotatable bonds is 5. The first-order chi connectivity index (χ1) is 13.2. The number of benzene rings is 1. The maximum absolute atomic E-state index is 12.4. The summed E-state index contributed by atoms with van der Waals surface area (Å²) in [4.78, 5) is 19.9. The van der Waals surface area contributed by atoms with E-state index in [0.29, 0.717) is 13.2 Å². The van der Waals surface area contributed by atoms with Gasteiger partial charge in [0.25, 0.3) is 5.56 Å². The monoisotopic (exact) mass is 369 g/mol. The third-order valence-electron chi connectivity index (χ3n) is 5.57. The van der Waals surface area contributed by atoms with Crippen LogP contribution in [0.25, 0.3) is 0 Å². The summed E-state index contributed by atoms with van der Waals surface area (Å²) in [6, 6.07) is 14.5. The Bertz CT molecular complexity index is 802. The fraction of sp³-hybridized carbons (Fsp3) is 0.476. The number of morpholine rings is 1. The number of aromatic nitrogens is 1. The van der Waals surface area contributed by atoms with Crippen LogP contribution in [0.15, 0.2) is 47.3 Å². The zero-order valence-corrected chi connectivity index (χ0v) is 15.8. The van der Waals surface area contributed by atoms with Crippen molar-refractivity contribution in [2.24, 2.45) is 0 Å². The minimum Gasteiger partial charge on any atom is -0.379 e. The number of hydrogen-bond donors (Lipinski definition) is 1. The number of hydrogen-bond acceptors (Lipinski definition) is 5. The summed E-state index contributed by atoms with van der Waals surface area (Å²) in [7, 11) is 1.78. The molecule has 6 nitrogen and oxygen atoms in total. The number of methoxy groups -OCH3 is 1. The van der Waals surface area contributed by atoms with E-state index in [9.17, 15) is 4.79 Å². The van der Waals surface area contributed by atoms with Crippen LogP contribution in [0.5, 0.6) is 0 Å². The molecule has 0 saturated carbocycles. The summed E-state index contributed by atoms with van der Waals surface area (Å²) in [5.74, 6) is 0.879. The Hall–Kier alpha value is -2.31. The minimum atomic E-state index is -0.0617. The molecule has 2 atom stereocenters. The van der Waals surface area contributed by atoms with Gasteiger partial charge in [0.1, 0.15) is 5.82 Å². The lowest BCUT2D eigenvalue weighted by Crippen LogP contribution is -2.40. The van der Waals surface area contributed by atoms with Gasteiger partial charge in [0.2, 0.25) is 0 Å². The molecule has 0 radical (unpaired) electrons. The van der Waals surface area contributed by atoms with Crippen molar-refractivity contribution in [2.75, 3.05) is 49.8 Å². The molecule has 0 spiro atoms. The summed E-state index contributed by atoms with van der Waals surface area (Å²) in [5, 5.41) is 0. The number of ether oxygens (including phenoxy) is 2. The normalized spacial score (nSPS) is 23.0. The third kappa shape index (κ3) is 4.01. The predicted molar refractivity (Wildman–Crippen MR) is 107 cm³/mol. The Kier molecular flexibility index (Phi) is 5.45. The maximum atomic E-state index is 12.4. The Morgan fingerprint density at radius 2 is 1.93 bits per heavy atom. The van der Waals surface area contributed by atoms with E-state index in [1.165, 1.54) is 5.56 Å². The SMILES string of the molecule is CO[C@@H]1CCN(c2cc(N3CCOCC3)cc(=O)[nH]2)[C@@H]1Cc1ccccc1. The lowest BCUT2D eigenvalue weighted by Gasteiger charge is -2.32. The number of H-pyrrole nitrogens is 1. The van der Waals surface area contributed by atoms with Crippen LogP contribution in [0.3, 0.4) is 0 Å². The molecule has 2 aromatic rings. The predicted octanol–water partition coefficient (Wildman–Crippen LogP) is 2.05. The number of anilines is 2. The van der Waals surface area contributed by atoms with E-state index >= 15 is 0 Å². The van der Waals surface area contributed by atoms with Gasteiger partial charge in [0, 0.05) is 44.6 Å². The average molecular weight is 369 g/mol. The van der Waals surface area contributed by atoms with Crippen LogP contribution >= 0.6 is 0 Å². The van der Waals surface area contributed by atoms with Crippen LogP contribution < -0.4 is 15.4 Å². The molecule has 27 heavy (non-hydrogen) atoms. The molecule has 0 bridgehead atoms. The maximum Gasteiger partial charge on any atom is 0.251 e. The molecule has 1 aromatic carbocycles. The van der Waals surface area contributed by atoms with Crippen molar-refractivity contribution in [2.45, 2.75) is 25.0 Å². The van der Waals surface area contributed by atoms with Crippen molar-refractivity contribution in [3.8, 4) is 0 Å². The standard InChI is InChI=1S/C21H27N3O3/c1-26-19-7-8-24(18(19)13-16-5-3-2-4-6-16)20-14-17(15-21(25)22-20)23-9-11-27-12-10-23/h2-6,14-15,18-19H,7-13H2,1H3,(H,22,25)/t18-,19-/m1/s1. The molecular weight excluding hydrogens is 342 g/mol. The van der Waals surface area contributed by atoms with Gasteiger partial charge in [0.15, 0.2) is 0 Å². The van der Waals surface area contributed by atoms with Crippen LogP contribution in [0.2, 0.25) is 0 Å². The summed E-state index contributed by atoms with van der Waals surface area (Å²) >= 11 is 0. The summed E-state index contributed by atoms with van der Waals surface area (Å²) in [5.41, 5.74) is 2.19. The lowest BCUT2D eigenvalue weighted by molar-refractivity contribution is 0.0953. The molecule has 2 saturated heterocycles. The van der Waals surface area contributed by atoms with Gasteiger partial charge in [-0.05, 0) is 18.4 Å². The number of nitrogens with zero attached hydrogens (tertiary/aromatic N) is 2. The molecule has 6 heteroatoms. The molecule has 0 amide bonds. The van der Waals surface area contributed by atoms with Gasteiger partial charge < -0.3 is 24.3 Å². The number of aromatic amines is 1. The van der Waals surface area contributed by atoms with Crippen molar-refractivity contribution in [3.63, 3.8) is 0 Å². The largest absolute Gasteiger partial charge is 0.379 e. The smallest absolute Gasteiger partial charge is 0.251 e. The van der Waals surface area contributed by atoms with Crippen LogP contribution in [0, 0.1) is 0 Å². The topological polar surface area (TPSA) is 57.8 Å². The van der Waals surface area contributed by atoms with Gasteiger partial charge in [-0.15, -0.1) is 0 Å². The Morgan fingerprint density at radius 3 is 2.67 bits per heavy atom. The first kappa shape index (κ1) is 18.1. The number of pyridine rings is 1. The van der Waals surface area contributed by atoms with Gasteiger partial charge in [-0.2, -0.15) is 0 Å². The zero-order valence-electron chi connectivity index (χ0n) is 15.8. The second kappa shape index (κ2) is 8.15. The van der Waals surface area contributed by atoms with Crippen molar-refractivity contribution < 1.29 is 9.47 Å². The van der Waals surface area contributed by atoms with Crippen molar-refractivity contribution in [1.82, 2.24) is 4.98 Å². The zero-order chi connectivity index (χ0) is 18.6. The number of nitrogens with one attached hydrogen (secondary N) is 1. The van der Waals surface area contributed by atoms with Gasteiger partial charge in [0.05, 0.1) is 25.4 Å². The molecule has 2 aliphatic rings. The van der Waals surface area contributed by atoms with E-state index in [-0.39, 0.29) is 17.7 Å². The first-order valence-corrected chi connectivity index (χ1v) is 9.65. The quantitative estimate of drug-likeness (QED) is 0.874. The molecule has 0 unspecified atom stereocenters. The van der Waals surface area contributed by atoms with Crippen LogP contribution in [0.1, 0.15) is 12.0 Å². The fourth-order valence-corrected chi connectivity index (χ4v) is 4.17. The van der Waals surface area contributed by atoms with E-state index in [4.69, 9.17) is 9.47 Å². The highest BCUT2D eigenvalue weighted by atomic mass is 16.5. The lowest BCUT2D eigenvalue weighted by atomic mass is 10.0. The Labute approximate surface area is 159 Å². The molecule has 4 rings (SSSR count). The van der Waals surface area contributed by atoms with Gasteiger partial charge in [-0.1, -0.05) is 30.3 Å².